The van der Waals surface area contributed by atoms with Crippen molar-refractivity contribution in [3.05, 3.63) is 66.4 Å². The lowest BCUT2D eigenvalue weighted by Gasteiger charge is -2.17. The van der Waals surface area contributed by atoms with Gasteiger partial charge in [0.15, 0.2) is 0 Å². The smallest absolute Gasteiger partial charge is 0.405 e. The van der Waals surface area contributed by atoms with Crippen molar-refractivity contribution in [2.24, 2.45) is 0 Å². The number of benzene rings is 2. The van der Waals surface area contributed by atoms with E-state index in [0.29, 0.717) is 0 Å². The van der Waals surface area contributed by atoms with E-state index in [9.17, 15) is 26.3 Å². The van der Waals surface area contributed by atoms with Crippen LogP contribution in [0.5, 0.6) is 11.5 Å². The molecule has 0 atom stereocenters. The van der Waals surface area contributed by atoms with Crippen LogP contribution < -0.4 is 9.47 Å². The molecule has 0 amide bonds. The van der Waals surface area contributed by atoms with Gasteiger partial charge in [-0.2, -0.15) is 5.26 Å². The number of ether oxygens (including phenoxy) is 2. The first-order valence-electron chi connectivity index (χ1n) is 8.18. The van der Waals surface area contributed by atoms with Crippen LogP contribution >= 0.6 is 0 Å². The van der Waals surface area contributed by atoms with Gasteiger partial charge < -0.3 is 9.47 Å². The molecule has 0 unspecified atom stereocenters. The highest BCUT2D eigenvalue weighted by Crippen LogP contribution is 2.42. The normalized spacial score (nSPS) is 11.6. The standard InChI is InChI=1S/C20H10F6N2O2/c21-19(22,23)29-16-7-3-1-5-13(16)15-9-12(10-27)11-28-18(15)14-6-2-4-8-17(14)30-20(24,25)26/h1-9,11H. The Hall–Kier alpha value is -3.74. The summed E-state index contributed by atoms with van der Waals surface area (Å²) in [5, 5.41) is 9.16. The fraction of sp³-hybridized carbons (Fsp3) is 0.100. The van der Waals surface area contributed by atoms with Crippen LogP contribution in [0.25, 0.3) is 22.4 Å². The Morgan fingerprint density at radius 3 is 1.77 bits per heavy atom. The second kappa shape index (κ2) is 7.94. The fourth-order valence-corrected chi connectivity index (χ4v) is 2.72. The SMILES string of the molecule is N#Cc1cnc(-c2ccccc2OC(F)(F)F)c(-c2ccccc2OC(F)(F)F)c1. The first-order chi connectivity index (χ1) is 14.1. The Morgan fingerprint density at radius 1 is 0.733 bits per heavy atom. The fourth-order valence-electron chi connectivity index (χ4n) is 2.72. The average Bonchev–Trinajstić information content (AvgIpc) is 2.66. The zero-order valence-electron chi connectivity index (χ0n) is 14.8. The molecule has 0 radical (unpaired) electrons. The summed E-state index contributed by atoms with van der Waals surface area (Å²) in [5.41, 5.74) is -0.406. The molecule has 3 aromatic rings. The molecule has 0 aliphatic rings. The largest absolute Gasteiger partial charge is 0.573 e. The van der Waals surface area contributed by atoms with Crippen LogP contribution in [0.2, 0.25) is 0 Å². The Balaban J connectivity index is 2.25. The number of hydrogen-bond acceptors (Lipinski definition) is 4. The molecule has 1 aromatic heterocycles. The lowest BCUT2D eigenvalue weighted by molar-refractivity contribution is -0.275. The van der Waals surface area contributed by atoms with Gasteiger partial charge in [-0.3, -0.25) is 4.98 Å². The van der Waals surface area contributed by atoms with Crippen molar-refractivity contribution in [1.29, 1.82) is 5.26 Å². The summed E-state index contributed by atoms with van der Waals surface area (Å²) in [6.45, 7) is 0. The number of rotatable bonds is 4. The first-order valence-corrected chi connectivity index (χ1v) is 8.18. The summed E-state index contributed by atoms with van der Waals surface area (Å²) in [6, 6.07) is 13.1. The van der Waals surface area contributed by atoms with Crippen LogP contribution in [0.15, 0.2) is 60.8 Å². The van der Waals surface area contributed by atoms with Crippen molar-refractivity contribution in [2.75, 3.05) is 0 Å². The summed E-state index contributed by atoms with van der Waals surface area (Å²) < 4.78 is 84.9. The van der Waals surface area contributed by atoms with E-state index in [1.54, 1.807) is 6.07 Å². The number of halogens is 6. The number of aromatic nitrogens is 1. The quantitative estimate of drug-likeness (QED) is 0.476. The molecular formula is C20H10F6N2O2. The van der Waals surface area contributed by atoms with Crippen LogP contribution in [0.3, 0.4) is 0 Å². The Labute approximate surface area is 165 Å². The number of nitriles is 1. The molecule has 0 saturated carbocycles. The predicted molar refractivity (Wildman–Crippen MR) is 93.2 cm³/mol. The lowest BCUT2D eigenvalue weighted by atomic mass is 9.97. The number of pyridine rings is 1. The van der Waals surface area contributed by atoms with Gasteiger partial charge in [-0.25, -0.2) is 0 Å². The Morgan fingerprint density at radius 2 is 1.23 bits per heavy atom. The van der Waals surface area contributed by atoms with Gasteiger partial charge >= 0.3 is 12.7 Å². The summed E-state index contributed by atoms with van der Waals surface area (Å²) in [7, 11) is 0. The molecule has 0 N–H and O–H groups in total. The predicted octanol–water partition coefficient (Wildman–Crippen LogP) is 6.08. The molecular weight excluding hydrogens is 414 g/mol. The molecule has 10 heteroatoms. The summed E-state index contributed by atoms with van der Waals surface area (Å²) in [5.74, 6) is -1.20. The van der Waals surface area contributed by atoms with Gasteiger partial charge in [0.2, 0.25) is 0 Å². The molecule has 1 heterocycles. The van der Waals surface area contributed by atoms with Crippen LogP contribution in [0.4, 0.5) is 26.3 Å². The van der Waals surface area contributed by atoms with Crippen molar-refractivity contribution in [2.45, 2.75) is 12.7 Å². The molecule has 0 spiro atoms. The van der Waals surface area contributed by atoms with E-state index < -0.39 is 24.2 Å². The van der Waals surface area contributed by atoms with Crippen molar-refractivity contribution in [1.82, 2.24) is 4.98 Å². The van der Waals surface area contributed by atoms with Crippen molar-refractivity contribution in [3.8, 4) is 40.0 Å². The van der Waals surface area contributed by atoms with Crippen LogP contribution in [-0.2, 0) is 0 Å². The third-order valence-corrected chi connectivity index (χ3v) is 3.79. The van der Waals surface area contributed by atoms with Crippen molar-refractivity contribution in [3.63, 3.8) is 0 Å². The van der Waals surface area contributed by atoms with Gasteiger partial charge in [0.05, 0.1) is 11.3 Å². The summed E-state index contributed by atoms with van der Waals surface area (Å²) in [6.07, 6.45) is -8.91. The molecule has 30 heavy (non-hydrogen) atoms. The van der Waals surface area contributed by atoms with E-state index >= 15 is 0 Å². The molecule has 3 rings (SSSR count). The highest BCUT2D eigenvalue weighted by molar-refractivity contribution is 5.86. The van der Waals surface area contributed by atoms with E-state index in [1.165, 1.54) is 42.5 Å². The van der Waals surface area contributed by atoms with Gasteiger partial charge in [-0.05, 0) is 24.3 Å². The maximum absolute atomic E-state index is 12.8. The van der Waals surface area contributed by atoms with Crippen LogP contribution in [-0.4, -0.2) is 17.7 Å². The summed E-state index contributed by atoms with van der Waals surface area (Å²) in [4.78, 5) is 4.02. The molecule has 0 saturated heterocycles. The van der Waals surface area contributed by atoms with Gasteiger partial charge in [0, 0.05) is 22.9 Å². The Kier molecular flexibility index (Phi) is 5.56. The van der Waals surface area contributed by atoms with E-state index in [2.05, 4.69) is 14.5 Å². The Bertz CT molecular complexity index is 1100. The van der Waals surface area contributed by atoms with E-state index in [-0.39, 0.29) is 27.9 Å². The van der Waals surface area contributed by atoms with Gasteiger partial charge in [0.25, 0.3) is 0 Å². The summed E-state index contributed by atoms with van der Waals surface area (Å²) >= 11 is 0. The molecule has 0 bridgehead atoms. The highest BCUT2D eigenvalue weighted by Gasteiger charge is 2.34. The minimum atomic E-state index is -5.01. The third kappa shape index (κ3) is 5.00. The van der Waals surface area contributed by atoms with Crippen molar-refractivity contribution >= 4 is 0 Å². The van der Waals surface area contributed by atoms with E-state index in [1.807, 2.05) is 0 Å². The molecule has 0 fully saturated rings. The topological polar surface area (TPSA) is 55.1 Å². The van der Waals surface area contributed by atoms with E-state index in [4.69, 9.17) is 5.26 Å². The first kappa shape index (κ1) is 21.0. The van der Waals surface area contributed by atoms with Gasteiger partial charge in [-0.15, -0.1) is 26.3 Å². The van der Waals surface area contributed by atoms with Crippen LogP contribution in [0, 0.1) is 11.3 Å². The number of nitrogens with zero attached hydrogens (tertiary/aromatic N) is 2. The second-order valence-electron chi connectivity index (χ2n) is 5.82. The maximum Gasteiger partial charge on any atom is 0.573 e. The number of hydrogen-bond donors (Lipinski definition) is 0. The minimum Gasteiger partial charge on any atom is -0.405 e. The zero-order valence-corrected chi connectivity index (χ0v) is 14.8. The molecule has 0 aliphatic heterocycles. The van der Waals surface area contributed by atoms with Crippen molar-refractivity contribution < 1.29 is 35.8 Å². The van der Waals surface area contributed by atoms with Gasteiger partial charge in [-0.1, -0.05) is 30.3 Å². The highest BCUT2D eigenvalue weighted by atomic mass is 19.4. The van der Waals surface area contributed by atoms with Crippen LogP contribution in [0.1, 0.15) is 5.56 Å². The number of para-hydroxylation sites is 2. The van der Waals surface area contributed by atoms with Gasteiger partial charge in [0.1, 0.15) is 17.6 Å². The minimum absolute atomic E-state index is 0.00946. The molecule has 154 valence electrons. The molecule has 2 aromatic carbocycles. The lowest BCUT2D eigenvalue weighted by Crippen LogP contribution is -2.18. The second-order valence-corrected chi connectivity index (χ2v) is 5.82. The van der Waals surface area contributed by atoms with E-state index in [0.717, 1.165) is 18.3 Å². The molecule has 4 nitrogen and oxygen atoms in total. The third-order valence-electron chi connectivity index (χ3n) is 3.79. The average molecular weight is 424 g/mol. The number of alkyl halides is 6. The molecule has 0 aliphatic carbocycles. The maximum atomic E-state index is 12.8. The zero-order chi connectivity index (χ0) is 21.9. The monoisotopic (exact) mass is 424 g/mol.